The molecule has 1 saturated heterocycles. The molecule has 7 heteroatoms. The molecule has 0 aromatic carbocycles. The number of aromatic amines is 1. The van der Waals surface area contributed by atoms with Gasteiger partial charge in [0.1, 0.15) is 0 Å². The van der Waals surface area contributed by atoms with Gasteiger partial charge in [0, 0.05) is 24.0 Å². The number of aromatic nitrogens is 3. The first-order valence-electron chi connectivity index (χ1n) is 7.38. The molecule has 2 N–H and O–H groups in total. The van der Waals surface area contributed by atoms with Crippen LogP contribution in [0.25, 0.3) is 11.4 Å². The Morgan fingerprint density at radius 2 is 2.29 bits per heavy atom. The fraction of sp³-hybridized carbons (Fsp3) is 0.571. The number of hydrogen-bond donors (Lipinski definition) is 2. The van der Waals surface area contributed by atoms with Crippen molar-refractivity contribution in [3.8, 4) is 11.4 Å². The van der Waals surface area contributed by atoms with Gasteiger partial charge in [0.15, 0.2) is 5.82 Å². The number of rotatable bonds is 5. The van der Waals surface area contributed by atoms with Crippen LogP contribution >= 0.6 is 33.9 Å². The minimum atomic E-state index is 0.790. The van der Waals surface area contributed by atoms with Crippen LogP contribution in [-0.2, 0) is 0 Å². The lowest BCUT2D eigenvalue weighted by molar-refractivity contribution is 0.384. The lowest BCUT2D eigenvalue weighted by atomic mass is 9.97. The zero-order valence-electron chi connectivity index (χ0n) is 12.1. The van der Waals surface area contributed by atoms with Crippen molar-refractivity contribution < 1.29 is 0 Å². The Kier molecular flexibility index (Phi) is 5.12. The van der Waals surface area contributed by atoms with E-state index in [-0.39, 0.29) is 0 Å². The van der Waals surface area contributed by atoms with Crippen molar-refractivity contribution in [3.63, 3.8) is 0 Å². The van der Waals surface area contributed by atoms with Gasteiger partial charge in [0.05, 0.1) is 2.88 Å². The predicted octanol–water partition coefficient (Wildman–Crippen LogP) is 2.96. The minimum Gasteiger partial charge on any atom is -0.340 e. The van der Waals surface area contributed by atoms with Crippen LogP contribution in [-0.4, -0.2) is 41.4 Å². The predicted molar refractivity (Wildman–Crippen MR) is 95.9 cm³/mol. The highest BCUT2D eigenvalue weighted by molar-refractivity contribution is 14.1. The Balaban J connectivity index is 1.60. The summed E-state index contributed by atoms with van der Waals surface area (Å²) in [5.41, 5.74) is 1.13. The molecule has 21 heavy (non-hydrogen) atoms. The fourth-order valence-corrected chi connectivity index (χ4v) is 3.97. The highest BCUT2D eigenvalue weighted by atomic mass is 127. The number of thiophene rings is 1. The van der Waals surface area contributed by atoms with Gasteiger partial charge in [-0.25, -0.2) is 0 Å². The molecule has 3 rings (SSSR count). The maximum atomic E-state index is 4.65. The number of piperidine rings is 1. The minimum absolute atomic E-state index is 0.790. The van der Waals surface area contributed by atoms with Gasteiger partial charge >= 0.3 is 0 Å². The van der Waals surface area contributed by atoms with E-state index in [4.69, 9.17) is 0 Å². The van der Waals surface area contributed by atoms with Gasteiger partial charge < -0.3 is 10.2 Å². The first-order chi connectivity index (χ1) is 10.3. The summed E-state index contributed by atoms with van der Waals surface area (Å²) in [6.45, 7) is 6.46. The van der Waals surface area contributed by atoms with Crippen LogP contribution in [0.2, 0.25) is 0 Å². The second kappa shape index (κ2) is 7.06. The third-order valence-corrected chi connectivity index (χ3v) is 5.68. The molecular weight excluding hydrogens is 397 g/mol. The molecule has 0 radical (unpaired) electrons. The van der Waals surface area contributed by atoms with E-state index >= 15 is 0 Å². The zero-order valence-corrected chi connectivity index (χ0v) is 15.1. The Hall–Kier alpha value is -0.670. The molecule has 3 heterocycles. The lowest BCUT2D eigenvalue weighted by Crippen LogP contribution is -2.37. The molecule has 0 aliphatic carbocycles. The van der Waals surface area contributed by atoms with Crippen LogP contribution in [0.3, 0.4) is 0 Å². The molecule has 0 amide bonds. The molecular formula is C14H20IN5S. The van der Waals surface area contributed by atoms with E-state index in [2.05, 4.69) is 66.4 Å². The smallest absolute Gasteiger partial charge is 0.245 e. The molecule has 1 aliphatic heterocycles. The third kappa shape index (κ3) is 3.75. The second-order valence-corrected chi connectivity index (χ2v) is 8.17. The Bertz CT molecular complexity index is 573. The summed E-state index contributed by atoms with van der Waals surface area (Å²) in [7, 11) is 0. The van der Waals surface area contributed by atoms with Crippen LogP contribution in [0.1, 0.15) is 19.8 Å². The molecule has 0 atom stereocenters. The highest BCUT2D eigenvalue weighted by Gasteiger charge is 2.21. The van der Waals surface area contributed by atoms with Crippen LogP contribution in [0.5, 0.6) is 0 Å². The summed E-state index contributed by atoms with van der Waals surface area (Å²) in [6.07, 6.45) is 2.43. The third-order valence-electron chi connectivity index (χ3n) is 3.89. The summed E-state index contributed by atoms with van der Waals surface area (Å²) in [4.78, 5) is 6.94. The van der Waals surface area contributed by atoms with Gasteiger partial charge in [0.2, 0.25) is 5.95 Å². The summed E-state index contributed by atoms with van der Waals surface area (Å²) >= 11 is 4.06. The van der Waals surface area contributed by atoms with Crippen molar-refractivity contribution in [2.24, 2.45) is 5.92 Å². The molecule has 0 unspecified atom stereocenters. The maximum absolute atomic E-state index is 4.65. The normalized spacial score (nSPS) is 16.6. The van der Waals surface area contributed by atoms with Crippen molar-refractivity contribution in [2.45, 2.75) is 19.8 Å². The molecule has 0 saturated carbocycles. The number of halogens is 1. The number of H-pyrrole nitrogens is 1. The van der Waals surface area contributed by atoms with Crippen LogP contribution in [0, 0.1) is 8.80 Å². The molecule has 2 aromatic rings. The largest absolute Gasteiger partial charge is 0.340 e. The topological polar surface area (TPSA) is 56.8 Å². The van der Waals surface area contributed by atoms with Crippen molar-refractivity contribution in [2.75, 3.05) is 31.1 Å². The average Bonchev–Trinajstić information content (AvgIpc) is 3.14. The van der Waals surface area contributed by atoms with E-state index in [9.17, 15) is 0 Å². The SMILES string of the molecule is CCNCC1CCN(c2n[nH]c(-c3csc(I)c3)n2)CC1. The van der Waals surface area contributed by atoms with Gasteiger partial charge in [0.25, 0.3) is 0 Å². The summed E-state index contributed by atoms with van der Waals surface area (Å²) in [6, 6.07) is 2.14. The van der Waals surface area contributed by atoms with E-state index in [1.54, 1.807) is 11.3 Å². The first-order valence-corrected chi connectivity index (χ1v) is 9.34. The van der Waals surface area contributed by atoms with Crippen LogP contribution in [0.4, 0.5) is 5.95 Å². The van der Waals surface area contributed by atoms with Gasteiger partial charge in [-0.2, -0.15) is 4.98 Å². The molecule has 0 bridgehead atoms. The van der Waals surface area contributed by atoms with E-state index in [0.717, 1.165) is 49.4 Å². The van der Waals surface area contributed by atoms with E-state index in [1.165, 1.54) is 15.7 Å². The second-order valence-electron chi connectivity index (χ2n) is 5.36. The summed E-state index contributed by atoms with van der Waals surface area (Å²) in [5.74, 6) is 2.50. The molecule has 0 spiro atoms. The summed E-state index contributed by atoms with van der Waals surface area (Å²) < 4.78 is 1.27. The number of nitrogens with zero attached hydrogens (tertiary/aromatic N) is 3. The highest BCUT2D eigenvalue weighted by Crippen LogP contribution is 2.26. The first kappa shape index (κ1) is 15.2. The van der Waals surface area contributed by atoms with E-state index in [0.29, 0.717) is 0 Å². The van der Waals surface area contributed by atoms with Gasteiger partial charge in [-0.15, -0.1) is 16.4 Å². The van der Waals surface area contributed by atoms with Crippen LogP contribution in [0.15, 0.2) is 11.4 Å². The summed E-state index contributed by atoms with van der Waals surface area (Å²) in [5, 5.41) is 13.0. The standard InChI is InChI=1S/C14H20IN5S/c1-2-16-8-10-3-5-20(6-4-10)14-17-13(18-19-14)11-7-12(15)21-9-11/h7,9-10,16H,2-6,8H2,1H3,(H,17,18,19). The molecule has 1 fully saturated rings. The Morgan fingerprint density at radius 3 is 2.95 bits per heavy atom. The van der Waals surface area contributed by atoms with Crippen molar-refractivity contribution in [1.82, 2.24) is 20.5 Å². The van der Waals surface area contributed by atoms with Crippen molar-refractivity contribution in [3.05, 3.63) is 14.3 Å². The average molecular weight is 417 g/mol. The fourth-order valence-electron chi connectivity index (χ4n) is 2.64. The van der Waals surface area contributed by atoms with E-state index < -0.39 is 0 Å². The van der Waals surface area contributed by atoms with Crippen molar-refractivity contribution >= 4 is 39.9 Å². The maximum Gasteiger partial charge on any atom is 0.245 e. The quantitative estimate of drug-likeness (QED) is 0.735. The van der Waals surface area contributed by atoms with Gasteiger partial charge in [-0.05, 0) is 60.5 Å². The molecule has 2 aromatic heterocycles. The number of hydrogen-bond acceptors (Lipinski definition) is 5. The van der Waals surface area contributed by atoms with E-state index in [1.807, 2.05) is 0 Å². The Labute approximate surface area is 142 Å². The molecule has 5 nitrogen and oxygen atoms in total. The van der Waals surface area contributed by atoms with Crippen LogP contribution < -0.4 is 10.2 Å². The van der Waals surface area contributed by atoms with Gasteiger partial charge in [-0.1, -0.05) is 6.92 Å². The lowest BCUT2D eigenvalue weighted by Gasteiger charge is -2.31. The monoisotopic (exact) mass is 417 g/mol. The molecule has 114 valence electrons. The number of anilines is 1. The zero-order chi connectivity index (χ0) is 14.7. The molecule has 1 aliphatic rings. The van der Waals surface area contributed by atoms with Gasteiger partial charge in [-0.3, -0.25) is 5.10 Å². The Morgan fingerprint density at radius 1 is 1.48 bits per heavy atom. The van der Waals surface area contributed by atoms with Crippen molar-refractivity contribution in [1.29, 1.82) is 0 Å². The number of nitrogens with one attached hydrogen (secondary N) is 2.